The molecular formula is C10H6F3NO3. The summed E-state index contributed by atoms with van der Waals surface area (Å²) in [5, 5.41) is 10.4. The van der Waals surface area contributed by atoms with Crippen LogP contribution in [-0.2, 0) is 9.59 Å². The molecule has 4 nitrogen and oxygen atoms in total. The summed E-state index contributed by atoms with van der Waals surface area (Å²) >= 11 is 0. The van der Waals surface area contributed by atoms with E-state index in [1.165, 1.54) is 0 Å². The number of hydrogen-bond donors (Lipinski definition) is 2. The summed E-state index contributed by atoms with van der Waals surface area (Å²) in [5.74, 6) is -6.79. The number of amides is 1. The Bertz CT molecular complexity index is 518. The van der Waals surface area contributed by atoms with Gasteiger partial charge in [-0.25, -0.2) is 18.0 Å². The number of nitrogens with one attached hydrogen (secondary N) is 1. The molecule has 2 unspecified atom stereocenters. The van der Waals surface area contributed by atoms with Crippen molar-refractivity contribution >= 4 is 17.6 Å². The van der Waals surface area contributed by atoms with Crippen LogP contribution in [0.2, 0.25) is 0 Å². The van der Waals surface area contributed by atoms with E-state index in [0.29, 0.717) is 0 Å². The second-order valence-corrected chi connectivity index (χ2v) is 3.52. The number of carbonyl (C=O) groups is 2. The smallest absolute Gasteiger partial charge is 0.339 e. The number of carboxylic acids is 1. The Morgan fingerprint density at radius 2 is 1.94 bits per heavy atom. The van der Waals surface area contributed by atoms with Gasteiger partial charge in [0.2, 0.25) is 12.1 Å². The van der Waals surface area contributed by atoms with E-state index in [-0.39, 0.29) is 0 Å². The average molecular weight is 245 g/mol. The highest BCUT2D eigenvalue weighted by Crippen LogP contribution is 2.39. The van der Waals surface area contributed by atoms with Crippen LogP contribution in [0.25, 0.3) is 0 Å². The van der Waals surface area contributed by atoms with E-state index >= 15 is 0 Å². The summed E-state index contributed by atoms with van der Waals surface area (Å²) in [5.41, 5.74) is -1.08. The second kappa shape index (κ2) is 3.76. The molecule has 0 aliphatic carbocycles. The zero-order valence-electron chi connectivity index (χ0n) is 8.21. The van der Waals surface area contributed by atoms with Crippen LogP contribution in [-0.4, -0.2) is 23.2 Å². The largest absolute Gasteiger partial charge is 0.479 e. The third kappa shape index (κ3) is 1.63. The van der Waals surface area contributed by atoms with Gasteiger partial charge in [0, 0.05) is 5.56 Å². The number of carboxylic acid groups (broad SMARTS) is 1. The van der Waals surface area contributed by atoms with Crippen LogP contribution in [0.5, 0.6) is 0 Å². The number of fused-ring (bicyclic) bond motifs is 1. The highest BCUT2D eigenvalue weighted by atomic mass is 19.1. The Morgan fingerprint density at radius 1 is 1.35 bits per heavy atom. The fraction of sp³-hybridized carbons (Fsp3) is 0.200. The van der Waals surface area contributed by atoms with Crippen molar-refractivity contribution in [3.8, 4) is 0 Å². The monoisotopic (exact) mass is 245 g/mol. The van der Waals surface area contributed by atoms with Crippen LogP contribution in [0.15, 0.2) is 12.1 Å². The Hall–Kier alpha value is -2.05. The normalized spacial score (nSPS) is 19.7. The maximum absolute atomic E-state index is 13.4. The van der Waals surface area contributed by atoms with Crippen molar-refractivity contribution in [2.24, 2.45) is 0 Å². The quantitative estimate of drug-likeness (QED) is 0.828. The first-order valence-electron chi connectivity index (χ1n) is 4.59. The molecule has 0 radical (unpaired) electrons. The summed E-state index contributed by atoms with van der Waals surface area (Å²) < 4.78 is 40.0. The minimum absolute atomic E-state index is 0.496. The zero-order valence-corrected chi connectivity index (χ0v) is 8.21. The molecule has 1 aromatic rings. The fourth-order valence-corrected chi connectivity index (χ4v) is 1.75. The highest BCUT2D eigenvalue weighted by Gasteiger charge is 2.44. The van der Waals surface area contributed by atoms with Crippen LogP contribution in [0.3, 0.4) is 0 Å². The molecule has 1 aliphatic heterocycles. The van der Waals surface area contributed by atoms with Crippen molar-refractivity contribution in [1.29, 1.82) is 0 Å². The summed E-state index contributed by atoms with van der Waals surface area (Å²) in [6, 6.07) is 1.49. The first kappa shape index (κ1) is 11.4. The van der Waals surface area contributed by atoms with Gasteiger partial charge in [-0.1, -0.05) is 0 Å². The summed E-state index contributed by atoms with van der Waals surface area (Å²) in [6.45, 7) is 0. The van der Waals surface area contributed by atoms with Crippen molar-refractivity contribution in [2.45, 2.75) is 12.1 Å². The van der Waals surface area contributed by atoms with Gasteiger partial charge < -0.3 is 10.4 Å². The maximum Gasteiger partial charge on any atom is 0.339 e. The van der Waals surface area contributed by atoms with Gasteiger partial charge in [-0.05, 0) is 12.1 Å². The van der Waals surface area contributed by atoms with E-state index in [0.717, 1.165) is 12.1 Å². The molecule has 0 spiro atoms. The molecular weight excluding hydrogens is 239 g/mol. The third-order valence-corrected chi connectivity index (χ3v) is 2.51. The minimum Gasteiger partial charge on any atom is -0.479 e. The van der Waals surface area contributed by atoms with Gasteiger partial charge in [-0.15, -0.1) is 0 Å². The highest BCUT2D eigenvalue weighted by molar-refractivity contribution is 6.05. The topological polar surface area (TPSA) is 66.4 Å². The average Bonchev–Trinajstić information content (AvgIpc) is 2.61. The molecule has 7 heteroatoms. The molecule has 1 aliphatic rings. The molecule has 0 fully saturated rings. The van der Waals surface area contributed by atoms with Crippen LogP contribution in [0.1, 0.15) is 11.5 Å². The second-order valence-electron chi connectivity index (χ2n) is 3.52. The lowest BCUT2D eigenvalue weighted by Crippen LogP contribution is -2.29. The van der Waals surface area contributed by atoms with E-state index in [1.54, 1.807) is 0 Å². The van der Waals surface area contributed by atoms with Gasteiger partial charge in [0.15, 0.2) is 0 Å². The van der Waals surface area contributed by atoms with E-state index in [2.05, 4.69) is 0 Å². The predicted molar refractivity (Wildman–Crippen MR) is 50.3 cm³/mol. The first-order valence-corrected chi connectivity index (χ1v) is 4.59. The number of hydrogen-bond acceptors (Lipinski definition) is 2. The molecule has 17 heavy (non-hydrogen) atoms. The number of anilines is 1. The number of rotatable bonds is 2. The van der Waals surface area contributed by atoms with Crippen molar-refractivity contribution in [3.05, 3.63) is 29.3 Å². The molecule has 2 rings (SSSR count). The van der Waals surface area contributed by atoms with Crippen molar-refractivity contribution in [2.75, 3.05) is 5.32 Å². The molecule has 2 N–H and O–H groups in total. The molecule has 0 bridgehead atoms. The van der Waals surface area contributed by atoms with Gasteiger partial charge in [-0.2, -0.15) is 0 Å². The molecule has 2 atom stereocenters. The summed E-state index contributed by atoms with van der Waals surface area (Å²) in [7, 11) is 0. The van der Waals surface area contributed by atoms with Gasteiger partial charge in [0.05, 0.1) is 5.69 Å². The van der Waals surface area contributed by atoms with E-state index < -0.39 is 46.9 Å². The van der Waals surface area contributed by atoms with E-state index in [1.807, 2.05) is 5.32 Å². The molecule has 1 aromatic carbocycles. The summed E-state index contributed by atoms with van der Waals surface area (Å²) in [4.78, 5) is 21.8. The maximum atomic E-state index is 13.4. The molecule has 0 saturated carbocycles. The van der Waals surface area contributed by atoms with Gasteiger partial charge >= 0.3 is 5.97 Å². The number of aliphatic carboxylic acids is 1. The standard InChI is InChI=1S/C10H6F3NO3/c11-3-1-2-4(12)8-5(3)6(9(15)14-8)7(13)10(16)17/h1-2,6-7H,(H,14,15)(H,16,17). The lowest BCUT2D eigenvalue weighted by atomic mass is 9.95. The Morgan fingerprint density at radius 3 is 2.53 bits per heavy atom. The van der Waals surface area contributed by atoms with E-state index in [4.69, 9.17) is 5.11 Å². The van der Waals surface area contributed by atoms with Gasteiger partial charge in [0.25, 0.3) is 0 Å². The molecule has 0 aromatic heterocycles. The minimum atomic E-state index is -2.62. The van der Waals surface area contributed by atoms with Crippen LogP contribution in [0, 0.1) is 11.6 Å². The van der Waals surface area contributed by atoms with Crippen molar-refractivity contribution in [1.82, 2.24) is 0 Å². The molecule has 90 valence electrons. The Kier molecular flexibility index (Phi) is 2.53. The van der Waals surface area contributed by atoms with Gasteiger partial charge in [-0.3, -0.25) is 4.79 Å². The lowest BCUT2D eigenvalue weighted by Gasteiger charge is -2.10. The molecule has 1 heterocycles. The fourth-order valence-electron chi connectivity index (χ4n) is 1.75. The summed E-state index contributed by atoms with van der Waals surface area (Å²) in [6.07, 6.45) is -2.62. The molecule has 0 saturated heterocycles. The number of benzene rings is 1. The SMILES string of the molecule is O=C(O)C(F)C1C(=O)Nc2c(F)ccc(F)c21. The number of alkyl halides is 1. The number of halogens is 3. The zero-order chi connectivity index (χ0) is 12.7. The van der Waals surface area contributed by atoms with E-state index in [9.17, 15) is 22.8 Å². The van der Waals surface area contributed by atoms with Crippen LogP contribution in [0.4, 0.5) is 18.9 Å². The predicted octanol–water partition coefficient (Wildman–Crippen LogP) is 1.42. The van der Waals surface area contributed by atoms with Gasteiger partial charge in [0.1, 0.15) is 17.6 Å². The van der Waals surface area contributed by atoms with Crippen molar-refractivity contribution in [3.63, 3.8) is 0 Å². The lowest BCUT2D eigenvalue weighted by molar-refractivity contribution is -0.145. The third-order valence-electron chi connectivity index (χ3n) is 2.51. The number of carbonyl (C=O) groups excluding carboxylic acids is 1. The first-order chi connectivity index (χ1) is 7.93. The Balaban J connectivity index is 2.57. The van der Waals surface area contributed by atoms with Crippen LogP contribution < -0.4 is 5.32 Å². The van der Waals surface area contributed by atoms with Crippen LogP contribution >= 0.6 is 0 Å². The Labute approximate surface area is 93.0 Å². The molecule has 1 amide bonds. The van der Waals surface area contributed by atoms with Crippen molar-refractivity contribution < 1.29 is 27.9 Å².